The zero-order valence-corrected chi connectivity index (χ0v) is 8.94. The minimum Gasteiger partial charge on any atom is -0.481 e. The van der Waals surface area contributed by atoms with E-state index >= 15 is 0 Å². The summed E-state index contributed by atoms with van der Waals surface area (Å²) in [6.07, 6.45) is 6.14. The van der Waals surface area contributed by atoms with Gasteiger partial charge in [0.15, 0.2) is 0 Å². The molecule has 4 nitrogen and oxygen atoms in total. The van der Waals surface area contributed by atoms with Gasteiger partial charge in [0.1, 0.15) is 5.82 Å². The first-order valence-electron chi connectivity index (χ1n) is 5.40. The summed E-state index contributed by atoms with van der Waals surface area (Å²) in [7, 11) is 2.02. The largest absolute Gasteiger partial charge is 0.481 e. The summed E-state index contributed by atoms with van der Waals surface area (Å²) in [4.78, 5) is 14.7. The van der Waals surface area contributed by atoms with Crippen LogP contribution in [0, 0.1) is 0 Å². The van der Waals surface area contributed by atoms with Crippen LogP contribution < -0.4 is 0 Å². The van der Waals surface area contributed by atoms with Gasteiger partial charge >= 0.3 is 5.97 Å². The van der Waals surface area contributed by atoms with Gasteiger partial charge in [-0.1, -0.05) is 0 Å². The number of carboxylic acids is 1. The first-order valence-corrected chi connectivity index (χ1v) is 5.40. The van der Waals surface area contributed by atoms with Crippen LogP contribution >= 0.6 is 0 Å². The number of imidazole rings is 1. The van der Waals surface area contributed by atoms with Crippen LogP contribution in [0.1, 0.15) is 43.1 Å². The lowest BCUT2D eigenvalue weighted by molar-refractivity contribution is -0.137. The van der Waals surface area contributed by atoms with E-state index in [9.17, 15) is 4.79 Å². The smallest absolute Gasteiger partial charge is 0.303 e. The molecule has 4 heteroatoms. The Balaban J connectivity index is 1.93. The monoisotopic (exact) mass is 208 g/mol. The summed E-state index contributed by atoms with van der Waals surface area (Å²) in [6, 6.07) is 0. The normalized spacial score (nSPS) is 15.5. The van der Waals surface area contributed by atoms with E-state index in [-0.39, 0.29) is 6.42 Å². The standard InChI is InChI=1S/C11H16N2O2/c1-13-9(8-5-6-8)7-12-10(13)3-2-4-11(14)15/h7-8H,2-6H2,1H3,(H,14,15). The Morgan fingerprint density at radius 3 is 3.00 bits per heavy atom. The van der Waals surface area contributed by atoms with E-state index in [0.29, 0.717) is 12.3 Å². The summed E-state index contributed by atoms with van der Waals surface area (Å²) >= 11 is 0. The average molecular weight is 208 g/mol. The third-order valence-electron chi connectivity index (χ3n) is 2.91. The molecule has 0 aromatic carbocycles. The van der Waals surface area contributed by atoms with E-state index in [1.54, 1.807) is 0 Å². The Bertz CT molecular complexity index is 367. The van der Waals surface area contributed by atoms with Crippen molar-refractivity contribution in [3.63, 3.8) is 0 Å². The Hall–Kier alpha value is -1.32. The molecule has 82 valence electrons. The Morgan fingerprint density at radius 1 is 1.67 bits per heavy atom. The maximum atomic E-state index is 10.4. The van der Waals surface area contributed by atoms with Gasteiger partial charge in [0.05, 0.1) is 0 Å². The van der Waals surface area contributed by atoms with Crippen molar-refractivity contribution in [2.45, 2.75) is 38.0 Å². The molecular formula is C11H16N2O2. The van der Waals surface area contributed by atoms with Crippen molar-refractivity contribution < 1.29 is 9.90 Å². The van der Waals surface area contributed by atoms with Gasteiger partial charge in [-0.15, -0.1) is 0 Å². The first-order chi connectivity index (χ1) is 7.18. The predicted molar refractivity (Wildman–Crippen MR) is 55.8 cm³/mol. The van der Waals surface area contributed by atoms with Crippen molar-refractivity contribution in [2.24, 2.45) is 7.05 Å². The van der Waals surface area contributed by atoms with Crippen molar-refractivity contribution in [1.29, 1.82) is 0 Å². The molecule has 1 heterocycles. The minimum absolute atomic E-state index is 0.228. The minimum atomic E-state index is -0.730. The number of nitrogens with zero attached hydrogens (tertiary/aromatic N) is 2. The molecule has 1 aliphatic rings. The molecule has 0 spiro atoms. The number of aryl methyl sites for hydroxylation is 1. The number of aromatic nitrogens is 2. The van der Waals surface area contributed by atoms with Crippen molar-refractivity contribution in [1.82, 2.24) is 9.55 Å². The van der Waals surface area contributed by atoms with Gasteiger partial charge in [0, 0.05) is 37.7 Å². The molecule has 2 rings (SSSR count). The van der Waals surface area contributed by atoms with E-state index < -0.39 is 5.97 Å². The van der Waals surface area contributed by atoms with Gasteiger partial charge in [-0.05, 0) is 19.3 Å². The van der Waals surface area contributed by atoms with E-state index in [1.807, 2.05) is 13.2 Å². The summed E-state index contributed by atoms with van der Waals surface area (Å²) < 4.78 is 2.12. The molecule has 1 aromatic rings. The molecule has 0 radical (unpaired) electrons. The SMILES string of the molecule is Cn1c(C2CC2)cnc1CCCC(=O)O. The Morgan fingerprint density at radius 2 is 2.40 bits per heavy atom. The lowest BCUT2D eigenvalue weighted by Crippen LogP contribution is -2.03. The zero-order chi connectivity index (χ0) is 10.8. The number of carbonyl (C=O) groups is 1. The van der Waals surface area contributed by atoms with Crippen LogP contribution in [0.25, 0.3) is 0 Å². The first kappa shape index (κ1) is 10.2. The highest BCUT2D eigenvalue weighted by atomic mass is 16.4. The van der Waals surface area contributed by atoms with Crippen molar-refractivity contribution >= 4 is 5.97 Å². The zero-order valence-electron chi connectivity index (χ0n) is 8.94. The molecule has 1 aliphatic carbocycles. The predicted octanol–water partition coefficient (Wildman–Crippen LogP) is 1.70. The summed E-state index contributed by atoms with van der Waals surface area (Å²) in [5.41, 5.74) is 1.31. The molecule has 0 amide bonds. The highest BCUT2D eigenvalue weighted by Crippen LogP contribution is 2.39. The van der Waals surface area contributed by atoms with E-state index in [2.05, 4.69) is 9.55 Å². The molecule has 1 fully saturated rings. The second kappa shape index (κ2) is 4.04. The van der Waals surface area contributed by atoms with E-state index in [4.69, 9.17) is 5.11 Å². The van der Waals surface area contributed by atoms with Crippen LogP contribution in [0.5, 0.6) is 0 Å². The molecule has 1 aromatic heterocycles. The van der Waals surface area contributed by atoms with E-state index in [1.165, 1.54) is 18.5 Å². The van der Waals surface area contributed by atoms with Crippen LogP contribution in [0.2, 0.25) is 0 Å². The number of hydrogen-bond donors (Lipinski definition) is 1. The van der Waals surface area contributed by atoms with Crippen LogP contribution in [-0.2, 0) is 18.3 Å². The Kier molecular flexibility index (Phi) is 2.75. The molecule has 0 bridgehead atoms. The summed E-state index contributed by atoms with van der Waals surface area (Å²) in [5, 5.41) is 8.54. The summed E-state index contributed by atoms with van der Waals surface area (Å²) in [5.74, 6) is 0.987. The maximum absolute atomic E-state index is 10.4. The fourth-order valence-electron chi connectivity index (χ4n) is 1.85. The average Bonchev–Trinajstić information content (AvgIpc) is 2.94. The second-order valence-electron chi connectivity index (χ2n) is 4.18. The van der Waals surface area contributed by atoms with Crippen molar-refractivity contribution in [3.8, 4) is 0 Å². The molecular weight excluding hydrogens is 192 g/mol. The van der Waals surface area contributed by atoms with Gasteiger partial charge in [0.25, 0.3) is 0 Å². The van der Waals surface area contributed by atoms with Gasteiger partial charge in [-0.25, -0.2) is 4.98 Å². The second-order valence-corrected chi connectivity index (χ2v) is 4.18. The number of carboxylic acid groups (broad SMARTS) is 1. The number of hydrogen-bond acceptors (Lipinski definition) is 2. The fourth-order valence-corrected chi connectivity index (χ4v) is 1.85. The third kappa shape index (κ3) is 2.37. The number of rotatable bonds is 5. The molecule has 15 heavy (non-hydrogen) atoms. The maximum Gasteiger partial charge on any atom is 0.303 e. The van der Waals surface area contributed by atoms with Crippen LogP contribution in [0.4, 0.5) is 0 Å². The van der Waals surface area contributed by atoms with E-state index in [0.717, 1.165) is 12.2 Å². The highest BCUT2D eigenvalue weighted by Gasteiger charge is 2.27. The van der Waals surface area contributed by atoms with Gasteiger partial charge in [-0.2, -0.15) is 0 Å². The fraction of sp³-hybridized carbons (Fsp3) is 0.636. The van der Waals surface area contributed by atoms with Gasteiger partial charge in [0.2, 0.25) is 0 Å². The van der Waals surface area contributed by atoms with Crippen LogP contribution in [0.15, 0.2) is 6.20 Å². The Labute approximate surface area is 88.9 Å². The molecule has 0 atom stereocenters. The highest BCUT2D eigenvalue weighted by molar-refractivity contribution is 5.66. The lowest BCUT2D eigenvalue weighted by Gasteiger charge is -2.03. The molecule has 1 N–H and O–H groups in total. The van der Waals surface area contributed by atoms with Crippen molar-refractivity contribution in [3.05, 3.63) is 17.7 Å². The molecule has 0 aliphatic heterocycles. The lowest BCUT2D eigenvalue weighted by atomic mass is 10.2. The quantitative estimate of drug-likeness (QED) is 0.801. The number of aliphatic carboxylic acids is 1. The molecule has 1 saturated carbocycles. The van der Waals surface area contributed by atoms with Crippen LogP contribution in [0.3, 0.4) is 0 Å². The van der Waals surface area contributed by atoms with Crippen LogP contribution in [-0.4, -0.2) is 20.6 Å². The van der Waals surface area contributed by atoms with Gasteiger partial charge < -0.3 is 9.67 Å². The third-order valence-corrected chi connectivity index (χ3v) is 2.91. The molecule has 0 unspecified atom stereocenters. The van der Waals surface area contributed by atoms with Crippen molar-refractivity contribution in [2.75, 3.05) is 0 Å². The van der Waals surface area contributed by atoms with Gasteiger partial charge in [-0.3, -0.25) is 4.79 Å². The molecule has 0 saturated heterocycles. The topological polar surface area (TPSA) is 55.1 Å². The summed E-state index contributed by atoms with van der Waals surface area (Å²) in [6.45, 7) is 0.